The Kier molecular flexibility index (Phi) is 6.78. The van der Waals surface area contributed by atoms with Gasteiger partial charge in [-0.1, -0.05) is 44.2 Å². The molecule has 5 heteroatoms. The highest BCUT2D eigenvalue weighted by molar-refractivity contribution is 5.91. The minimum atomic E-state index is -0.852. The van der Waals surface area contributed by atoms with Crippen LogP contribution < -0.4 is 4.90 Å². The van der Waals surface area contributed by atoms with Crippen molar-refractivity contribution < 1.29 is 19.4 Å². The Balaban J connectivity index is 2.31. The SMILES string of the molecule is COC(=O)c1ccccc1CN(CCC(=O)O)c1ccc(C(C)C)cc1. The Morgan fingerprint density at radius 3 is 2.31 bits per heavy atom. The molecule has 2 aromatic carbocycles. The second-order valence-corrected chi connectivity index (χ2v) is 6.46. The van der Waals surface area contributed by atoms with Gasteiger partial charge in [0.15, 0.2) is 0 Å². The van der Waals surface area contributed by atoms with E-state index in [2.05, 4.69) is 26.0 Å². The zero-order chi connectivity index (χ0) is 19.1. The number of carboxylic acid groups (broad SMARTS) is 1. The van der Waals surface area contributed by atoms with Crippen molar-refractivity contribution >= 4 is 17.6 Å². The van der Waals surface area contributed by atoms with Gasteiger partial charge in [0.05, 0.1) is 19.1 Å². The summed E-state index contributed by atoms with van der Waals surface area (Å²) >= 11 is 0. The normalized spacial score (nSPS) is 10.6. The molecule has 0 aliphatic carbocycles. The van der Waals surface area contributed by atoms with Gasteiger partial charge in [0.1, 0.15) is 0 Å². The van der Waals surface area contributed by atoms with Crippen LogP contribution in [-0.4, -0.2) is 30.7 Å². The highest BCUT2D eigenvalue weighted by Gasteiger charge is 2.16. The van der Waals surface area contributed by atoms with E-state index >= 15 is 0 Å². The molecule has 0 spiro atoms. The molecule has 0 fully saturated rings. The molecule has 0 heterocycles. The number of hydrogen-bond acceptors (Lipinski definition) is 4. The molecule has 2 aromatic rings. The summed E-state index contributed by atoms with van der Waals surface area (Å²) in [4.78, 5) is 25.0. The molecular formula is C21H25NO4. The number of hydrogen-bond donors (Lipinski definition) is 1. The molecular weight excluding hydrogens is 330 g/mol. The molecule has 0 radical (unpaired) electrons. The molecule has 0 aliphatic heterocycles. The van der Waals surface area contributed by atoms with E-state index in [1.165, 1.54) is 12.7 Å². The fourth-order valence-electron chi connectivity index (χ4n) is 2.77. The smallest absolute Gasteiger partial charge is 0.338 e. The topological polar surface area (TPSA) is 66.8 Å². The first-order valence-electron chi connectivity index (χ1n) is 8.65. The standard InChI is InChI=1S/C21H25NO4/c1-15(2)16-8-10-18(11-9-16)22(13-12-20(23)24)14-17-6-4-5-7-19(17)21(25)26-3/h4-11,15H,12-14H2,1-3H3,(H,23,24). The zero-order valence-corrected chi connectivity index (χ0v) is 15.4. The molecule has 0 saturated heterocycles. The van der Waals surface area contributed by atoms with E-state index < -0.39 is 11.9 Å². The third kappa shape index (κ3) is 5.09. The van der Waals surface area contributed by atoms with Gasteiger partial charge >= 0.3 is 11.9 Å². The second kappa shape index (κ2) is 9.04. The van der Waals surface area contributed by atoms with E-state index in [1.807, 2.05) is 29.2 Å². The molecule has 0 aromatic heterocycles. The number of benzene rings is 2. The summed E-state index contributed by atoms with van der Waals surface area (Å²) in [6.45, 7) is 5.04. The lowest BCUT2D eigenvalue weighted by Crippen LogP contribution is -2.26. The monoisotopic (exact) mass is 355 g/mol. The Morgan fingerprint density at radius 1 is 1.08 bits per heavy atom. The highest BCUT2D eigenvalue weighted by Crippen LogP contribution is 2.23. The average molecular weight is 355 g/mol. The highest BCUT2D eigenvalue weighted by atomic mass is 16.5. The van der Waals surface area contributed by atoms with Gasteiger partial charge in [-0.3, -0.25) is 4.79 Å². The molecule has 0 amide bonds. The number of methoxy groups -OCH3 is 1. The maximum Gasteiger partial charge on any atom is 0.338 e. The summed E-state index contributed by atoms with van der Waals surface area (Å²) in [6.07, 6.45) is 0.0202. The number of aliphatic carboxylic acids is 1. The summed E-state index contributed by atoms with van der Waals surface area (Å²) in [5.74, 6) is -0.819. The van der Waals surface area contributed by atoms with E-state index in [0.717, 1.165) is 11.3 Å². The van der Waals surface area contributed by atoms with Crippen molar-refractivity contribution in [2.75, 3.05) is 18.6 Å². The predicted molar refractivity (Wildman–Crippen MR) is 102 cm³/mol. The lowest BCUT2D eigenvalue weighted by atomic mass is 10.0. The molecule has 138 valence electrons. The van der Waals surface area contributed by atoms with Crippen molar-refractivity contribution in [2.24, 2.45) is 0 Å². The molecule has 0 saturated carbocycles. The number of anilines is 1. The average Bonchev–Trinajstić information content (AvgIpc) is 2.64. The van der Waals surface area contributed by atoms with Crippen LogP contribution in [0.3, 0.4) is 0 Å². The molecule has 0 atom stereocenters. The summed E-state index contributed by atoms with van der Waals surface area (Å²) in [7, 11) is 1.35. The maximum atomic E-state index is 12.0. The third-order valence-electron chi connectivity index (χ3n) is 4.30. The van der Waals surface area contributed by atoms with Gasteiger partial charge in [0.25, 0.3) is 0 Å². The van der Waals surface area contributed by atoms with Crippen molar-refractivity contribution in [1.82, 2.24) is 0 Å². The minimum absolute atomic E-state index is 0.0202. The Labute approximate surface area is 154 Å². The fourth-order valence-corrected chi connectivity index (χ4v) is 2.77. The zero-order valence-electron chi connectivity index (χ0n) is 15.4. The number of rotatable bonds is 8. The van der Waals surface area contributed by atoms with Crippen molar-refractivity contribution in [3.63, 3.8) is 0 Å². The molecule has 0 unspecified atom stereocenters. The predicted octanol–water partition coefficient (Wildman–Crippen LogP) is 4.08. The van der Waals surface area contributed by atoms with Crippen LogP contribution in [0.25, 0.3) is 0 Å². The maximum absolute atomic E-state index is 12.0. The van der Waals surface area contributed by atoms with E-state index in [-0.39, 0.29) is 6.42 Å². The van der Waals surface area contributed by atoms with Crippen LogP contribution in [-0.2, 0) is 16.1 Å². The van der Waals surface area contributed by atoms with Gasteiger partial charge < -0.3 is 14.7 Å². The largest absolute Gasteiger partial charge is 0.481 e. The van der Waals surface area contributed by atoms with E-state index in [1.54, 1.807) is 12.1 Å². The second-order valence-electron chi connectivity index (χ2n) is 6.46. The van der Waals surface area contributed by atoms with Crippen molar-refractivity contribution in [1.29, 1.82) is 0 Å². The Bertz CT molecular complexity index is 753. The minimum Gasteiger partial charge on any atom is -0.481 e. The fraction of sp³-hybridized carbons (Fsp3) is 0.333. The van der Waals surface area contributed by atoms with E-state index in [9.17, 15) is 9.59 Å². The first-order chi connectivity index (χ1) is 12.4. The van der Waals surface area contributed by atoms with E-state index in [0.29, 0.717) is 24.6 Å². The molecule has 2 rings (SSSR count). The van der Waals surface area contributed by atoms with Crippen LogP contribution >= 0.6 is 0 Å². The van der Waals surface area contributed by atoms with Crippen LogP contribution in [0.15, 0.2) is 48.5 Å². The number of ether oxygens (including phenoxy) is 1. The molecule has 0 aliphatic rings. The first kappa shape index (κ1) is 19.5. The van der Waals surface area contributed by atoms with Crippen LogP contribution in [0.4, 0.5) is 5.69 Å². The lowest BCUT2D eigenvalue weighted by molar-refractivity contribution is -0.136. The van der Waals surface area contributed by atoms with Crippen LogP contribution in [0, 0.1) is 0 Å². The lowest BCUT2D eigenvalue weighted by Gasteiger charge is -2.25. The number of nitrogens with zero attached hydrogens (tertiary/aromatic N) is 1. The Morgan fingerprint density at radius 2 is 1.73 bits per heavy atom. The van der Waals surface area contributed by atoms with Gasteiger partial charge in [0.2, 0.25) is 0 Å². The van der Waals surface area contributed by atoms with Crippen molar-refractivity contribution in [2.45, 2.75) is 32.7 Å². The van der Waals surface area contributed by atoms with E-state index in [4.69, 9.17) is 9.84 Å². The van der Waals surface area contributed by atoms with Crippen LogP contribution in [0.2, 0.25) is 0 Å². The van der Waals surface area contributed by atoms with Gasteiger partial charge in [-0.2, -0.15) is 0 Å². The summed E-state index contributed by atoms with van der Waals surface area (Å²) in [6, 6.07) is 15.3. The Hall–Kier alpha value is -2.82. The van der Waals surface area contributed by atoms with Gasteiger partial charge in [-0.25, -0.2) is 4.79 Å². The van der Waals surface area contributed by atoms with Crippen molar-refractivity contribution in [3.05, 3.63) is 65.2 Å². The number of carbonyl (C=O) groups is 2. The molecule has 1 N–H and O–H groups in total. The summed E-state index contributed by atoms with van der Waals surface area (Å²) < 4.78 is 4.85. The van der Waals surface area contributed by atoms with Crippen LogP contribution in [0.1, 0.15) is 47.7 Å². The molecule has 0 bridgehead atoms. The van der Waals surface area contributed by atoms with Crippen molar-refractivity contribution in [3.8, 4) is 0 Å². The number of carbonyl (C=O) groups excluding carboxylic acids is 1. The van der Waals surface area contributed by atoms with Gasteiger partial charge in [0, 0.05) is 18.8 Å². The van der Waals surface area contributed by atoms with Gasteiger partial charge in [-0.15, -0.1) is 0 Å². The summed E-state index contributed by atoms with van der Waals surface area (Å²) in [5, 5.41) is 9.07. The van der Waals surface area contributed by atoms with Crippen LogP contribution in [0.5, 0.6) is 0 Å². The number of carboxylic acids is 1. The molecule has 5 nitrogen and oxygen atoms in total. The summed E-state index contributed by atoms with van der Waals surface area (Å²) in [5.41, 5.74) is 3.45. The quantitative estimate of drug-likeness (QED) is 0.723. The number of esters is 1. The first-order valence-corrected chi connectivity index (χ1v) is 8.65. The third-order valence-corrected chi connectivity index (χ3v) is 4.30. The van der Waals surface area contributed by atoms with Gasteiger partial charge in [-0.05, 0) is 35.2 Å². The molecule has 26 heavy (non-hydrogen) atoms.